The number of nitrogens with zero attached hydrogens (tertiary/aromatic N) is 4. The third-order valence-electron chi connectivity index (χ3n) is 5.22. The average Bonchev–Trinajstić information content (AvgIpc) is 3.42. The molecule has 0 fully saturated rings. The second-order valence-electron chi connectivity index (χ2n) is 7.49. The third-order valence-corrected chi connectivity index (χ3v) is 5.22. The van der Waals surface area contributed by atoms with Gasteiger partial charge in [-0.2, -0.15) is 4.98 Å². The number of ketones is 1. The fraction of sp³-hybridized carbons (Fsp3) is 0.125. The van der Waals surface area contributed by atoms with Crippen LogP contribution >= 0.6 is 0 Å². The van der Waals surface area contributed by atoms with Crippen molar-refractivity contribution >= 4 is 28.4 Å². The van der Waals surface area contributed by atoms with Crippen molar-refractivity contribution in [2.24, 2.45) is 0 Å². The Kier molecular flexibility index (Phi) is 4.74. The Bertz CT molecular complexity index is 1470. The minimum atomic E-state index is -1.15. The van der Waals surface area contributed by atoms with Gasteiger partial charge < -0.3 is 9.72 Å². The van der Waals surface area contributed by atoms with Gasteiger partial charge in [0.05, 0.1) is 0 Å². The summed E-state index contributed by atoms with van der Waals surface area (Å²) in [5.74, 6) is -0.988. The van der Waals surface area contributed by atoms with Gasteiger partial charge in [-0.15, -0.1) is 5.10 Å². The Morgan fingerprint density at radius 1 is 1.00 bits per heavy atom. The molecule has 5 rings (SSSR count). The fourth-order valence-electron chi connectivity index (χ4n) is 3.73. The number of para-hydroxylation sites is 1. The average molecular weight is 425 g/mol. The molecule has 0 aliphatic heterocycles. The Labute approximate surface area is 182 Å². The number of carbonyl (C=O) groups is 2. The molecule has 8 heteroatoms. The second-order valence-corrected chi connectivity index (χ2v) is 7.49. The van der Waals surface area contributed by atoms with Crippen LogP contribution in [0.5, 0.6) is 0 Å². The lowest BCUT2D eigenvalue weighted by Crippen LogP contribution is -2.21. The summed E-state index contributed by atoms with van der Waals surface area (Å²) in [7, 11) is 0. The molecule has 0 aliphatic rings. The zero-order valence-corrected chi connectivity index (χ0v) is 17.4. The van der Waals surface area contributed by atoms with Gasteiger partial charge in [0.25, 0.3) is 11.6 Å². The van der Waals surface area contributed by atoms with E-state index >= 15 is 0 Å². The first kappa shape index (κ1) is 19.6. The summed E-state index contributed by atoms with van der Waals surface area (Å²) in [6.07, 6.45) is 0.487. The highest BCUT2D eigenvalue weighted by molar-refractivity contribution is 6.10. The maximum atomic E-state index is 13.5. The number of hydrogen-bond donors (Lipinski definition) is 1. The first-order chi connectivity index (χ1) is 15.5. The van der Waals surface area contributed by atoms with Gasteiger partial charge in [0.15, 0.2) is 6.10 Å². The van der Waals surface area contributed by atoms with Crippen molar-refractivity contribution in [2.45, 2.75) is 20.0 Å². The topological polar surface area (TPSA) is 102 Å². The second kappa shape index (κ2) is 7.73. The minimum Gasteiger partial charge on any atom is -0.443 e. The van der Waals surface area contributed by atoms with E-state index in [0.29, 0.717) is 16.9 Å². The Balaban J connectivity index is 1.52. The van der Waals surface area contributed by atoms with Crippen LogP contribution in [0.2, 0.25) is 0 Å². The molecule has 5 aromatic rings. The van der Waals surface area contributed by atoms with Crippen LogP contribution in [0.4, 0.5) is 0 Å². The predicted molar refractivity (Wildman–Crippen MR) is 117 cm³/mol. The summed E-state index contributed by atoms with van der Waals surface area (Å²) in [5, 5.41) is 4.98. The number of fused-ring (bicyclic) bond motifs is 2. The Morgan fingerprint density at radius 3 is 2.56 bits per heavy atom. The summed E-state index contributed by atoms with van der Waals surface area (Å²) in [5.41, 5.74) is 3.38. The molecule has 8 nitrogen and oxygen atoms in total. The van der Waals surface area contributed by atoms with E-state index in [-0.39, 0.29) is 11.6 Å². The van der Waals surface area contributed by atoms with Gasteiger partial charge in [0.1, 0.15) is 0 Å². The molecule has 0 radical (unpaired) electrons. The molecular formula is C24H19N5O3. The smallest absolute Gasteiger partial charge is 0.379 e. The van der Waals surface area contributed by atoms with Crippen LogP contribution in [0, 0.1) is 13.8 Å². The zero-order valence-electron chi connectivity index (χ0n) is 17.4. The number of H-pyrrole nitrogens is 1. The molecular weight excluding hydrogens is 406 g/mol. The Hall–Kier alpha value is -4.33. The zero-order chi connectivity index (χ0) is 22.2. The van der Waals surface area contributed by atoms with Crippen LogP contribution in [-0.4, -0.2) is 36.3 Å². The molecule has 0 unspecified atom stereocenters. The monoisotopic (exact) mass is 425 g/mol. The van der Waals surface area contributed by atoms with Crippen molar-refractivity contribution in [3.63, 3.8) is 0 Å². The number of aromatic nitrogens is 5. The summed E-state index contributed by atoms with van der Waals surface area (Å²) < 4.78 is 7.16. The molecule has 0 aliphatic carbocycles. The number of esters is 1. The van der Waals surface area contributed by atoms with Crippen LogP contribution < -0.4 is 0 Å². The van der Waals surface area contributed by atoms with Crippen LogP contribution in [0.15, 0.2) is 66.9 Å². The lowest BCUT2D eigenvalue weighted by atomic mass is 9.99. The van der Waals surface area contributed by atoms with Gasteiger partial charge in [-0.25, -0.2) is 14.3 Å². The van der Waals surface area contributed by atoms with E-state index in [1.54, 1.807) is 30.5 Å². The van der Waals surface area contributed by atoms with Crippen LogP contribution in [-0.2, 0) is 4.74 Å². The highest BCUT2D eigenvalue weighted by Gasteiger charge is 2.30. The molecule has 3 heterocycles. The largest absolute Gasteiger partial charge is 0.443 e. The first-order valence-electron chi connectivity index (χ1n) is 10.1. The molecule has 0 saturated carbocycles. The van der Waals surface area contributed by atoms with Gasteiger partial charge in [0.2, 0.25) is 5.78 Å². The molecule has 0 amide bonds. The molecule has 1 N–H and O–H groups in total. The number of rotatable bonds is 5. The Morgan fingerprint density at radius 2 is 1.75 bits per heavy atom. The molecule has 0 spiro atoms. The van der Waals surface area contributed by atoms with Gasteiger partial charge >= 0.3 is 5.97 Å². The van der Waals surface area contributed by atoms with Crippen molar-refractivity contribution in [3.05, 3.63) is 95.2 Å². The van der Waals surface area contributed by atoms with Crippen LogP contribution in [0.3, 0.4) is 0 Å². The fourth-order valence-corrected chi connectivity index (χ4v) is 3.73. The number of aryl methyl sites for hydroxylation is 2. The van der Waals surface area contributed by atoms with Gasteiger partial charge in [-0.1, -0.05) is 48.5 Å². The lowest BCUT2D eigenvalue weighted by Gasteiger charge is -2.16. The van der Waals surface area contributed by atoms with Crippen LogP contribution in [0.25, 0.3) is 16.7 Å². The van der Waals surface area contributed by atoms with Crippen molar-refractivity contribution in [3.8, 4) is 0 Å². The van der Waals surface area contributed by atoms with E-state index in [4.69, 9.17) is 4.74 Å². The quantitative estimate of drug-likeness (QED) is 0.337. The maximum Gasteiger partial charge on any atom is 0.379 e. The first-order valence-corrected chi connectivity index (χ1v) is 10.1. The van der Waals surface area contributed by atoms with Crippen molar-refractivity contribution in [1.82, 2.24) is 24.6 Å². The van der Waals surface area contributed by atoms with Gasteiger partial charge in [0, 0.05) is 39.6 Å². The molecule has 32 heavy (non-hydrogen) atoms. The summed E-state index contributed by atoms with van der Waals surface area (Å²) in [6, 6.07) is 18.2. The van der Waals surface area contributed by atoms with E-state index in [1.807, 2.05) is 50.2 Å². The number of ether oxygens (including phenoxy) is 1. The highest BCUT2D eigenvalue weighted by Crippen LogP contribution is 2.27. The maximum absolute atomic E-state index is 13.5. The summed E-state index contributed by atoms with van der Waals surface area (Å²) in [4.78, 5) is 38.1. The summed E-state index contributed by atoms with van der Waals surface area (Å²) in [6.45, 7) is 3.68. The molecule has 1 atom stereocenters. The number of Topliss-reactive ketones (excluding diaryl/α,β-unsaturated/α-hetero) is 1. The number of nitrogens with one attached hydrogen (secondary N) is 1. The van der Waals surface area contributed by atoms with E-state index in [9.17, 15) is 9.59 Å². The standard InChI is InChI=1S/C24H19N5O3/c1-14-12-15(2)29-24(26-14)27-22(28-29)23(31)32-21(16-8-4-3-5-9-16)20(30)18-13-25-19-11-7-6-10-17(18)19/h3-13,21,25H,1-2H3/t21-/m0/s1. The minimum absolute atomic E-state index is 0.154. The number of aromatic amines is 1. The number of hydrogen-bond acceptors (Lipinski definition) is 6. The predicted octanol–water partition coefficient (Wildman–Crippen LogP) is 4.00. The molecule has 2 aromatic carbocycles. The molecule has 0 saturated heterocycles. The van der Waals surface area contributed by atoms with E-state index in [2.05, 4.69) is 20.1 Å². The molecule has 158 valence electrons. The van der Waals surface area contributed by atoms with Crippen molar-refractivity contribution in [2.75, 3.05) is 0 Å². The normalized spacial score (nSPS) is 12.2. The van der Waals surface area contributed by atoms with E-state index < -0.39 is 12.1 Å². The SMILES string of the molecule is Cc1cc(C)n2nc(C(=O)O[C@H](C(=O)c3c[nH]c4ccccc34)c3ccccc3)nc2n1. The molecule has 0 bridgehead atoms. The van der Waals surface area contributed by atoms with Crippen LogP contribution in [0.1, 0.15) is 44.0 Å². The van der Waals surface area contributed by atoms with Gasteiger partial charge in [-0.05, 0) is 26.0 Å². The van der Waals surface area contributed by atoms with E-state index in [0.717, 1.165) is 22.3 Å². The molecule has 3 aromatic heterocycles. The van der Waals surface area contributed by atoms with E-state index in [1.165, 1.54) is 4.52 Å². The number of carbonyl (C=O) groups excluding carboxylic acids is 2. The van der Waals surface area contributed by atoms with Gasteiger partial charge in [-0.3, -0.25) is 4.79 Å². The van der Waals surface area contributed by atoms with Crippen molar-refractivity contribution < 1.29 is 14.3 Å². The lowest BCUT2D eigenvalue weighted by molar-refractivity contribution is 0.0269. The highest BCUT2D eigenvalue weighted by atomic mass is 16.5. The third kappa shape index (κ3) is 3.41. The van der Waals surface area contributed by atoms with Crippen molar-refractivity contribution in [1.29, 1.82) is 0 Å². The summed E-state index contributed by atoms with van der Waals surface area (Å²) >= 11 is 0. The number of benzene rings is 2.